The summed E-state index contributed by atoms with van der Waals surface area (Å²) in [5.74, 6) is 0. The summed E-state index contributed by atoms with van der Waals surface area (Å²) in [4.78, 5) is 0. The third-order valence-corrected chi connectivity index (χ3v) is 11.2. The summed E-state index contributed by atoms with van der Waals surface area (Å²) < 4.78 is 0. The van der Waals surface area contributed by atoms with E-state index in [2.05, 4.69) is 146 Å². The van der Waals surface area contributed by atoms with E-state index in [0.29, 0.717) is 0 Å². The fraction of sp³-hybridized carbons (Fsp3) is 0.130. The molecule has 0 heteroatoms. The highest BCUT2D eigenvalue weighted by atomic mass is 14.5. The normalized spacial score (nSPS) is 15.1. The molecule has 10 rings (SSSR count). The largest absolute Gasteiger partial charge is 0.0622 e. The van der Waals surface area contributed by atoms with Crippen molar-refractivity contribution in [2.75, 3.05) is 0 Å². The Bertz CT molecular complexity index is 2410. The average Bonchev–Trinajstić information content (AvgIpc) is 3.14. The maximum absolute atomic E-state index is 2.61. The second kappa shape index (κ2) is 9.90. The van der Waals surface area contributed by atoms with E-state index in [1.165, 1.54) is 114 Å². The van der Waals surface area contributed by atoms with Crippen LogP contribution in [0.15, 0.2) is 146 Å². The zero-order valence-electron chi connectivity index (χ0n) is 25.9. The Labute approximate surface area is 270 Å². The van der Waals surface area contributed by atoms with E-state index in [0.717, 1.165) is 0 Å². The van der Waals surface area contributed by atoms with Crippen molar-refractivity contribution in [2.24, 2.45) is 0 Å². The van der Waals surface area contributed by atoms with Crippen LogP contribution in [0, 0.1) is 0 Å². The second-order valence-electron chi connectivity index (χ2n) is 13.5. The monoisotopic (exact) mass is 586 g/mol. The highest BCUT2D eigenvalue weighted by Crippen LogP contribution is 2.59. The first-order valence-electron chi connectivity index (χ1n) is 16.9. The lowest BCUT2D eigenvalue weighted by atomic mass is 9.59. The van der Waals surface area contributed by atoms with Gasteiger partial charge in [-0.25, -0.2) is 0 Å². The molecular formula is C46H34. The summed E-state index contributed by atoms with van der Waals surface area (Å²) in [6, 6.07) is 55.0. The highest BCUT2D eigenvalue weighted by molar-refractivity contribution is 6.33. The molecular weight excluding hydrogens is 553 g/mol. The van der Waals surface area contributed by atoms with E-state index in [1.54, 1.807) is 5.56 Å². The molecule has 1 fully saturated rings. The van der Waals surface area contributed by atoms with Crippen molar-refractivity contribution in [2.45, 2.75) is 37.5 Å². The van der Waals surface area contributed by atoms with Gasteiger partial charge in [0.1, 0.15) is 0 Å². The van der Waals surface area contributed by atoms with Gasteiger partial charge in [-0.3, -0.25) is 0 Å². The number of fused-ring (bicyclic) bond motifs is 4. The van der Waals surface area contributed by atoms with Gasteiger partial charge in [-0.1, -0.05) is 147 Å². The Kier molecular flexibility index (Phi) is 5.61. The molecule has 0 heterocycles. The van der Waals surface area contributed by atoms with Gasteiger partial charge in [0.2, 0.25) is 0 Å². The lowest BCUT2D eigenvalue weighted by molar-refractivity contribution is 0.348. The van der Waals surface area contributed by atoms with Gasteiger partial charge in [-0.15, -0.1) is 0 Å². The Morgan fingerprint density at radius 2 is 0.848 bits per heavy atom. The van der Waals surface area contributed by atoms with Crippen LogP contribution in [0.2, 0.25) is 0 Å². The molecule has 46 heavy (non-hydrogen) atoms. The molecule has 8 aromatic rings. The van der Waals surface area contributed by atoms with E-state index in [4.69, 9.17) is 0 Å². The third kappa shape index (κ3) is 3.56. The van der Waals surface area contributed by atoms with E-state index in [1.807, 2.05) is 0 Å². The predicted molar refractivity (Wildman–Crippen MR) is 196 cm³/mol. The molecule has 218 valence electrons. The van der Waals surface area contributed by atoms with Gasteiger partial charge in [-0.2, -0.15) is 0 Å². The molecule has 8 aromatic carbocycles. The van der Waals surface area contributed by atoms with Gasteiger partial charge >= 0.3 is 0 Å². The van der Waals surface area contributed by atoms with Crippen LogP contribution >= 0.6 is 0 Å². The van der Waals surface area contributed by atoms with Crippen molar-refractivity contribution in [1.29, 1.82) is 0 Å². The molecule has 0 unspecified atom stereocenters. The van der Waals surface area contributed by atoms with Crippen LogP contribution in [0.25, 0.3) is 76.8 Å². The summed E-state index contributed by atoms with van der Waals surface area (Å²) in [7, 11) is 0. The van der Waals surface area contributed by atoms with Crippen LogP contribution < -0.4 is 0 Å². The quantitative estimate of drug-likeness (QED) is 0.181. The lowest BCUT2D eigenvalue weighted by Crippen LogP contribution is -2.33. The van der Waals surface area contributed by atoms with E-state index < -0.39 is 0 Å². The van der Waals surface area contributed by atoms with E-state index in [-0.39, 0.29) is 5.41 Å². The van der Waals surface area contributed by atoms with E-state index >= 15 is 0 Å². The van der Waals surface area contributed by atoms with Crippen molar-refractivity contribution >= 4 is 32.3 Å². The highest BCUT2D eigenvalue weighted by Gasteiger charge is 2.43. The molecule has 0 atom stereocenters. The van der Waals surface area contributed by atoms with Crippen molar-refractivity contribution in [3.05, 3.63) is 157 Å². The third-order valence-electron chi connectivity index (χ3n) is 11.2. The molecule has 1 spiro atoms. The molecule has 0 aromatic heterocycles. The summed E-state index contributed by atoms with van der Waals surface area (Å²) in [6.45, 7) is 0. The molecule has 0 N–H and O–H groups in total. The number of rotatable bonds is 3. The van der Waals surface area contributed by atoms with Crippen molar-refractivity contribution in [1.82, 2.24) is 0 Å². The van der Waals surface area contributed by atoms with Crippen LogP contribution in [0.1, 0.15) is 43.2 Å². The van der Waals surface area contributed by atoms with Crippen LogP contribution in [0.5, 0.6) is 0 Å². The first kappa shape index (κ1) is 26.1. The van der Waals surface area contributed by atoms with Crippen molar-refractivity contribution in [3.63, 3.8) is 0 Å². The molecule has 0 amide bonds. The zero-order chi connectivity index (χ0) is 30.2. The molecule has 0 saturated heterocycles. The number of hydrogen-bond donors (Lipinski definition) is 0. The average molecular weight is 587 g/mol. The van der Waals surface area contributed by atoms with Gasteiger partial charge in [0.25, 0.3) is 0 Å². The van der Waals surface area contributed by atoms with Crippen LogP contribution in [0.3, 0.4) is 0 Å². The Hall–Kier alpha value is -5.20. The van der Waals surface area contributed by atoms with Gasteiger partial charge in [0, 0.05) is 5.41 Å². The molecule has 2 aliphatic carbocycles. The van der Waals surface area contributed by atoms with Crippen molar-refractivity contribution in [3.8, 4) is 44.5 Å². The minimum atomic E-state index is 0.0399. The SMILES string of the molecule is c1ccc(-c2cc(-c3ccccc3)c3cc4c5c(cc(-c6ccccc6)c6ccc2c3c65)C2(CCCCC2)c2ccccc2-4)cc1. The van der Waals surface area contributed by atoms with E-state index in [9.17, 15) is 0 Å². The van der Waals surface area contributed by atoms with Gasteiger partial charge < -0.3 is 0 Å². The van der Waals surface area contributed by atoms with Crippen LogP contribution in [-0.2, 0) is 5.41 Å². The van der Waals surface area contributed by atoms with Crippen molar-refractivity contribution < 1.29 is 0 Å². The second-order valence-corrected chi connectivity index (χ2v) is 13.5. The number of benzene rings is 8. The predicted octanol–water partition coefficient (Wildman–Crippen LogP) is 12.8. The molecule has 0 nitrogen and oxygen atoms in total. The first-order chi connectivity index (χ1) is 22.8. The van der Waals surface area contributed by atoms with Crippen LogP contribution in [0.4, 0.5) is 0 Å². The maximum atomic E-state index is 2.61. The molecule has 1 saturated carbocycles. The van der Waals surface area contributed by atoms with Gasteiger partial charge in [0.05, 0.1) is 0 Å². The fourth-order valence-corrected chi connectivity index (χ4v) is 9.23. The summed E-state index contributed by atoms with van der Waals surface area (Å²) in [5, 5.41) is 8.38. The smallest absolute Gasteiger partial charge is 0.0215 e. The van der Waals surface area contributed by atoms with Gasteiger partial charge in [-0.05, 0) is 119 Å². The fourth-order valence-electron chi connectivity index (χ4n) is 9.23. The molecule has 0 radical (unpaired) electrons. The summed E-state index contributed by atoms with van der Waals surface area (Å²) in [5.41, 5.74) is 13.8. The molecule has 0 aliphatic heterocycles. The minimum Gasteiger partial charge on any atom is -0.0622 e. The Morgan fingerprint density at radius 3 is 1.48 bits per heavy atom. The summed E-state index contributed by atoms with van der Waals surface area (Å²) in [6.07, 6.45) is 6.32. The first-order valence-corrected chi connectivity index (χ1v) is 16.9. The van der Waals surface area contributed by atoms with Gasteiger partial charge in [0.15, 0.2) is 0 Å². The number of hydrogen-bond acceptors (Lipinski definition) is 0. The standard InChI is InChI=1S/C46H34/c1-5-15-30(16-6-1)36-27-37(31-17-7-2-8-18-31)40-28-39-33-21-11-12-22-41(33)46(25-13-4-14-26-46)42-29-38(32-19-9-3-10-20-32)35-24-23-34(36)43(40)45(35)44(39)42/h1-3,5-12,15-24,27-29H,4,13-14,25-26H2. The molecule has 2 aliphatic rings. The summed E-state index contributed by atoms with van der Waals surface area (Å²) >= 11 is 0. The lowest BCUT2D eigenvalue weighted by Gasteiger charge is -2.44. The maximum Gasteiger partial charge on any atom is 0.0215 e. The minimum absolute atomic E-state index is 0.0399. The Morgan fingerprint density at radius 1 is 0.326 bits per heavy atom. The topological polar surface area (TPSA) is 0 Å². The van der Waals surface area contributed by atoms with Crippen LogP contribution in [-0.4, -0.2) is 0 Å². The Balaban J connectivity index is 1.47. The zero-order valence-corrected chi connectivity index (χ0v) is 25.9. The molecule has 0 bridgehead atoms.